The van der Waals surface area contributed by atoms with Crippen LogP contribution in [0.1, 0.15) is 34.1 Å². The Balaban J connectivity index is 0. The molecule has 23 heavy (non-hydrogen) atoms. The number of rotatable bonds is 15. The first-order valence-electron chi connectivity index (χ1n) is 8.24. The van der Waals surface area contributed by atoms with Crippen molar-refractivity contribution in [1.29, 1.82) is 0 Å². The minimum Gasteiger partial charge on any atom is -0.377 e. The lowest BCUT2D eigenvalue weighted by Crippen LogP contribution is -2.26. The highest BCUT2D eigenvalue weighted by Gasteiger charge is 1.96. The van der Waals surface area contributed by atoms with Crippen LogP contribution < -0.4 is 5.32 Å². The van der Waals surface area contributed by atoms with Crippen LogP contribution in [0.15, 0.2) is 0 Å². The fourth-order valence-electron chi connectivity index (χ4n) is 1.26. The predicted octanol–water partition coefficient (Wildman–Crippen LogP) is 1.19. The summed E-state index contributed by atoms with van der Waals surface area (Å²) in [7, 11) is 0. The van der Waals surface area contributed by atoms with Gasteiger partial charge in [-0.25, -0.2) is 0 Å². The summed E-state index contributed by atoms with van der Waals surface area (Å²) in [6, 6.07) is 0. The van der Waals surface area contributed by atoms with Crippen LogP contribution in [0.4, 0.5) is 0 Å². The van der Waals surface area contributed by atoms with Crippen LogP contribution in [-0.2, 0) is 28.5 Å². The molecule has 0 saturated carbocycles. The van der Waals surface area contributed by atoms with Crippen molar-refractivity contribution in [1.82, 2.24) is 5.32 Å². The van der Waals surface area contributed by atoms with E-state index in [9.17, 15) is 9.59 Å². The van der Waals surface area contributed by atoms with Crippen LogP contribution in [-0.4, -0.2) is 71.1 Å². The van der Waals surface area contributed by atoms with Crippen molar-refractivity contribution < 1.29 is 28.5 Å². The molecule has 0 atom stereocenters. The molecule has 0 saturated heterocycles. The van der Waals surface area contributed by atoms with E-state index in [4.69, 9.17) is 18.9 Å². The van der Waals surface area contributed by atoms with Gasteiger partial charge in [-0.15, -0.1) is 0 Å². The van der Waals surface area contributed by atoms with Gasteiger partial charge in [0.2, 0.25) is 5.91 Å². The van der Waals surface area contributed by atoms with Crippen LogP contribution in [0, 0.1) is 0 Å². The SMILES string of the molecule is CC.CCC(=O)NCCOCCOCCOCCOCC(C)=O. The third-order valence-electron chi connectivity index (χ3n) is 2.31. The van der Waals surface area contributed by atoms with E-state index in [1.165, 1.54) is 6.92 Å². The van der Waals surface area contributed by atoms with E-state index in [2.05, 4.69) is 5.32 Å². The molecule has 0 aromatic rings. The molecule has 7 nitrogen and oxygen atoms in total. The van der Waals surface area contributed by atoms with E-state index < -0.39 is 0 Å². The summed E-state index contributed by atoms with van der Waals surface area (Å²) < 4.78 is 20.9. The molecule has 0 heterocycles. The Morgan fingerprint density at radius 1 is 0.783 bits per heavy atom. The first kappa shape index (κ1) is 24.2. The average molecular weight is 335 g/mol. The summed E-state index contributed by atoms with van der Waals surface area (Å²) in [5.41, 5.74) is 0. The number of nitrogens with one attached hydrogen (secondary N) is 1. The fourth-order valence-corrected chi connectivity index (χ4v) is 1.26. The first-order valence-corrected chi connectivity index (χ1v) is 8.24. The molecule has 1 amide bonds. The maximum atomic E-state index is 10.9. The summed E-state index contributed by atoms with van der Waals surface area (Å²) in [5.74, 6) is 0.0341. The molecule has 0 unspecified atom stereocenters. The molecule has 0 fully saturated rings. The lowest BCUT2D eigenvalue weighted by molar-refractivity contribution is -0.122. The van der Waals surface area contributed by atoms with Gasteiger partial charge in [-0.05, 0) is 6.92 Å². The number of ether oxygens (including phenoxy) is 4. The van der Waals surface area contributed by atoms with Crippen molar-refractivity contribution in [2.45, 2.75) is 34.1 Å². The number of carbonyl (C=O) groups is 2. The summed E-state index contributed by atoms with van der Waals surface area (Å²) in [6.07, 6.45) is 0.489. The zero-order chi connectivity index (χ0) is 17.8. The van der Waals surface area contributed by atoms with Crippen molar-refractivity contribution >= 4 is 11.7 Å². The molecule has 1 N–H and O–H groups in total. The highest BCUT2D eigenvalue weighted by molar-refractivity contribution is 5.76. The van der Waals surface area contributed by atoms with Gasteiger partial charge < -0.3 is 24.3 Å². The van der Waals surface area contributed by atoms with Gasteiger partial charge in [0.15, 0.2) is 5.78 Å². The third kappa shape index (κ3) is 23.4. The van der Waals surface area contributed by atoms with Gasteiger partial charge in [0, 0.05) is 13.0 Å². The molecule has 0 spiro atoms. The third-order valence-corrected chi connectivity index (χ3v) is 2.31. The second-order valence-corrected chi connectivity index (χ2v) is 4.30. The lowest BCUT2D eigenvalue weighted by atomic mass is 10.4. The maximum Gasteiger partial charge on any atom is 0.219 e. The van der Waals surface area contributed by atoms with Crippen LogP contribution in [0.25, 0.3) is 0 Å². The lowest BCUT2D eigenvalue weighted by Gasteiger charge is -2.07. The maximum absolute atomic E-state index is 10.9. The molecular formula is C16H33NO6. The number of hydrogen-bond donors (Lipinski definition) is 1. The first-order chi connectivity index (χ1) is 11.2. The molecule has 138 valence electrons. The normalized spacial score (nSPS) is 9.91. The second kappa shape index (κ2) is 21.0. The summed E-state index contributed by atoms with van der Waals surface area (Å²) in [4.78, 5) is 21.5. The molecule has 7 heteroatoms. The van der Waals surface area contributed by atoms with Gasteiger partial charge in [0.25, 0.3) is 0 Å². The van der Waals surface area contributed by atoms with Crippen molar-refractivity contribution in [3.8, 4) is 0 Å². The molecule has 0 bridgehead atoms. The Hall–Kier alpha value is -1.02. The standard InChI is InChI=1S/C14H27NO6.C2H6/c1-3-14(17)15-4-5-18-6-7-19-8-9-20-10-11-21-12-13(2)16;1-2/h3-12H2,1-2H3,(H,15,17);1-2H3. The van der Waals surface area contributed by atoms with E-state index >= 15 is 0 Å². The topological polar surface area (TPSA) is 83.1 Å². The highest BCUT2D eigenvalue weighted by Crippen LogP contribution is 1.83. The monoisotopic (exact) mass is 335 g/mol. The molecule has 0 rings (SSSR count). The smallest absolute Gasteiger partial charge is 0.219 e. The molecule has 0 aliphatic carbocycles. The number of hydrogen-bond acceptors (Lipinski definition) is 6. The minimum absolute atomic E-state index is 0.00703. The van der Waals surface area contributed by atoms with Gasteiger partial charge >= 0.3 is 0 Å². The molecule has 0 aliphatic heterocycles. The molecular weight excluding hydrogens is 302 g/mol. The summed E-state index contributed by atoms with van der Waals surface area (Å²) >= 11 is 0. The Morgan fingerprint density at radius 3 is 1.65 bits per heavy atom. The molecule has 0 aliphatic rings. The zero-order valence-corrected chi connectivity index (χ0v) is 15.0. The van der Waals surface area contributed by atoms with Crippen LogP contribution in [0.5, 0.6) is 0 Å². The highest BCUT2D eigenvalue weighted by atomic mass is 16.6. The second-order valence-electron chi connectivity index (χ2n) is 4.30. The van der Waals surface area contributed by atoms with Crippen LogP contribution in [0.3, 0.4) is 0 Å². The van der Waals surface area contributed by atoms with Crippen molar-refractivity contribution in [3.05, 3.63) is 0 Å². The zero-order valence-electron chi connectivity index (χ0n) is 15.0. The fraction of sp³-hybridized carbons (Fsp3) is 0.875. The van der Waals surface area contributed by atoms with Crippen LogP contribution in [0.2, 0.25) is 0 Å². The van der Waals surface area contributed by atoms with Crippen molar-refractivity contribution in [2.75, 3.05) is 59.4 Å². The largest absolute Gasteiger partial charge is 0.377 e. The number of amides is 1. The Kier molecular flexibility index (Phi) is 22.1. The van der Waals surface area contributed by atoms with E-state index in [0.29, 0.717) is 59.2 Å². The van der Waals surface area contributed by atoms with Gasteiger partial charge in [0.1, 0.15) is 6.61 Å². The average Bonchev–Trinajstić information content (AvgIpc) is 2.56. The quantitative estimate of drug-likeness (QED) is 0.453. The van der Waals surface area contributed by atoms with E-state index in [1.807, 2.05) is 20.8 Å². The summed E-state index contributed by atoms with van der Waals surface area (Å²) in [5, 5.41) is 2.72. The Labute approximate surface area is 140 Å². The van der Waals surface area contributed by atoms with E-state index in [-0.39, 0.29) is 18.3 Å². The van der Waals surface area contributed by atoms with E-state index in [1.54, 1.807) is 0 Å². The molecule has 0 aromatic heterocycles. The van der Waals surface area contributed by atoms with Gasteiger partial charge in [-0.1, -0.05) is 20.8 Å². The number of ketones is 1. The molecule has 0 radical (unpaired) electrons. The minimum atomic E-state index is 0.00703. The number of Topliss-reactive ketones (excluding diaryl/α,β-unsaturated/α-hetero) is 1. The van der Waals surface area contributed by atoms with Crippen molar-refractivity contribution in [3.63, 3.8) is 0 Å². The van der Waals surface area contributed by atoms with E-state index in [0.717, 1.165) is 0 Å². The Bertz CT molecular complexity index is 273. The van der Waals surface area contributed by atoms with Gasteiger partial charge in [-0.2, -0.15) is 0 Å². The van der Waals surface area contributed by atoms with Crippen LogP contribution >= 0.6 is 0 Å². The number of carbonyl (C=O) groups excluding carboxylic acids is 2. The summed E-state index contributed by atoms with van der Waals surface area (Å²) in [6.45, 7) is 11.2. The Morgan fingerprint density at radius 2 is 1.22 bits per heavy atom. The predicted molar refractivity (Wildman–Crippen MR) is 88.6 cm³/mol. The van der Waals surface area contributed by atoms with Crippen molar-refractivity contribution in [2.24, 2.45) is 0 Å². The van der Waals surface area contributed by atoms with Gasteiger partial charge in [0.05, 0.1) is 46.2 Å². The molecule has 0 aromatic carbocycles. The van der Waals surface area contributed by atoms with Gasteiger partial charge in [-0.3, -0.25) is 9.59 Å².